The topological polar surface area (TPSA) is 51.3 Å². The first-order chi connectivity index (χ1) is 12.4. The molecule has 26 heavy (non-hydrogen) atoms. The molecule has 0 bridgehead atoms. The average molecular weight is 350 g/mol. The van der Waals surface area contributed by atoms with Crippen molar-refractivity contribution in [3.8, 4) is 5.69 Å². The maximum absolute atomic E-state index is 13.3. The minimum atomic E-state index is -0.348. The Bertz CT molecular complexity index is 999. The molecular weight excluding hydrogens is 331 g/mol. The molecule has 1 amide bonds. The maximum Gasteiger partial charge on any atom is 0.229 e. The molecule has 0 unspecified atom stereocenters. The minimum absolute atomic E-state index is 0.135. The molecule has 0 aliphatic carbocycles. The van der Waals surface area contributed by atoms with Crippen LogP contribution in [0.3, 0.4) is 0 Å². The van der Waals surface area contributed by atoms with Gasteiger partial charge >= 0.3 is 0 Å². The SMILES string of the molecule is [C-]#[N+]c1ccc2nc(NC(=O)[C@@H](C)C(C)C)n(-c3ccc(F)cc3)c2c1. The number of halogens is 1. The highest BCUT2D eigenvalue weighted by atomic mass is 19.1. The third kappa shape index (κ3) is 3.29. The van der Waals surface area contributed by atoms with E-state index in [4.69, 9.17) is 6.57 Å². The molecule has 1 heterocycles. The van der Waals surface area contributed by atoms with Gasteiger partial charge in [0.15, 0.2) is 5.69 Å². The number of amides is 1. The Morgan fingerprint density at radius 1 is 1.19 bits per heavy atom. The van der Waals surface area contributed by atoms with E-state index in [0.29, 0.717) is 28.4 Å². The molecule has 1 atom stereocenters. The first kappa shape index (κ1) is 17.6. The minimum Gasteiger partial charge on any atom is -0.295 e. The van der Waals surface area contributed by atoms with Crippen molar-refractivity contribution < 1.29 is 9.18 Å². The first-order valence-corrected chi connectivity index (χ1v) is 8.37. The number of hydrogen-bond acceptors (Lipinski definition) is 2. The van der Waals surface area contributed by atoms with Crippen molar-refractivity contribution in [2.75, 3.05) is 5.32 Å². The van der Waals surface area contributed by atoms with E-state index in [9.17, 15) is 9.18 Å². The second-order valence-corrected chi connectivity index (χ2v) is 6.55. The third-order valence-electron chi connectivity index (χ3n) is 4.50. The van der Waals surface area contributed by atoms with Crippen LogP contribution in [-0.2, 0) is 4.79 Å². The summed E-state index contributed by atoms with van der Waals surface area (Å²) in [6.45, 7) is 13.0. The van der Waals surface area contributed by atoms with Crippen molar-refractivity contribution in [3.05, 3.63) is 59.7 Å². The van der Waals surface area contributed by atoms with E-state index in [2.05, 4.69) is 15.1 Å². The van der Waals surface area contributed by atoms with Crippen LogP contribution in [0.25, 0.3) is 21.6 Å². The van der Waals surface area contributed by atoms with E-state index in [1.165, 1.54) is 12.1 Å². The lowest BCUT2D eigenvalue weighted by Gasteiger charge is -2.16. The lowest BCUT2D eigenvalue weighted by Crippen LogP contribution is -2.25. The zero-order chi connectivity index (χ0) is 18.8. The summed E-state index contributed by atoms with van der Waals surface area (Å²) in [6, 6.07) is 11.1. The fourth-order valence-electron chi connectivity index (χ4n) is 2.60. The van der Waals surface area contributed by atoms with Gasteiger partial charge in [-0.3, -0.25) is 14.7 Å². The van der Waals surface area contributed by atoms with E-state index in [0.717, 1.165) is 0 Å². The van der Waals surface area contributed by atoms with E-state index >= 15 is 0 Å². The van der Waals surface area contributed by atoms with Gasteiger partial charge in [-0.2, -0.15) is 0 Å². The Balaban J connectivity index is 2.15. The number of hydrogen-bond donors (Lipinski definition) is 1. The van der Waals surface area contributed by atoms with Crippen molar-refractivity contribution in [2.45, 2.75) is 20.8 Å². The number of nitrogens with zero attached hydrogens (tertiary/aromatic N) is 3. The number of fused-ring (bicyclic) bond motifs is 1. The Morgan fingerprint density at radius 3 is 2.50 bits per heavy atom. The molecule has 0 spiro atoms. The highest BCUT2D eigenvalue weighted by molar-refractivity contribution is 5.94. The van der Waals surface area contributed by atoms with Gasteiger partial charge in [-0.25, -0.2) is 14.2 Å². The molecule has 0 fully saturated rings. The summed E-state index contributed by atoms with van der Waals surface area (Å²) in [7, 11) is 0. The van der Waals surface area contributed by atoms with Crippen LogP contribution in [0.5, 0.6) is 0 Å². The second-order valence-electron chi connectivity index (χ2n) is 6.55. The molecule has 132 valence electrons. The molecule has 2 aromatic carbocycles. The van der Waals surface area contributed by atoms with E-state index < -0.39 is 0 Å². The number of imidazole rings is 1. The van der Waals surface area contributed by atoms with Crippen LogP contribution < -0.4 is 5.32 Å². The molecule has 0 radical (unpaired) electrons. The predicted molar refractivity (Wildman–Crippen MR) is 99.9 cm³/mol. The number of nitrogens with one attached hydrogen (secondary N) is 1. The molecule has 3 aromatic rings. The fourth-order valence-corrected chi connectivity index (χ4v) is 2.60. The molecule has 0 saturated heterocycles. The van der Waals surface area contributed by atoms with Crippen LogP contribution in [0.15, 0.2) is 42.5 Å². The van der Waals surface area contributed by atoms with Gasteiger partial charge in [-0.05, 0) is 42.3 Å². The first-order valence-electron chi connectivity index (χ1n) is 8.37. The maximum atomic E-state index is 13.3. The average Bonchev–Trinajstić information content (AvgIpc) is 2.98. The molecular formula is C20H19FN4O. The van der Waals surface area contributed by atoms with Gasteiger partial charge in [0.1, 0.15) is 5.82 Å². The molecule has 3 rings (SSSR count). The summed E-state index contributed by atoms with van der Waals surface area (Å²) in [4.78, 5) is 20.5. The number of carbonyl (C=O) groups excluding carboxylic acids is 1. The van der Waals surface area contributed by atoms with E-state index in [-0.39, 0.29) is 23.6 Å². The van der Waals surface area contributed by atoms with Crippen molar-refractivity contribution in [1.29, 1.82) is 0 Å². The molecule has 5 nitrogen and oxygen atoms in total. The Morgan fingerprint density at radius 2 is 1.88 bits per heavy atom. The molecule has 0 aliphatic rings. The number of aromatic nitrogens is 2. The standard InChI is InChI=1S/C20H19FN4O/c1-12(2)13(3)19(26)24-20-23-17-10-7-15(22-4)11-18(17)25(20)16-8-5-14(21)6-9-16/h5-13H,1-3H3,(H,23,24,26)/t13-/m0/s1. The van der Waals surface area contributed by atoms with Crippen LogP contribution in [0.4, 0.5) is 16.0 Å². The van der Waals surface area contributed by atoms with Gasteiger partial charge < -0.3 is 0 Å². The summed E-state index contributed by atoms with van der Waals surface area (Å²) in [5.41, 5.74) is 2.45. The van der Waals surface area contributed by atoms with E-state index in [1.54, 1.807) is 34.9 Å². The van der Waals surface area contributed by atoms with Crippen LogP contribution in [-0.4, -0.2) is 15.5 Å². The van der Waals surface area contributed by atoms with Crippen LogP contribution in [0.1, 0.15) is 20.8 Å². The Labute approximate surface area is 151 Å². The Hall–Kier alpha value is -3.20. The molecule has 0 saturated carbocycles. The quantitative estimate of drug-likeness (QED) is 0.677. The van der Waals surface area contributed by atoms with Gasteiger partial charge in [-0.15, -0.1) is 0 Å². The number of carbonyl (C=O) groups is 1. The fraction of sp³-hybridized carbons (Fsp3) is 0.250. The molecule has 0 aliphatic heterocycles. The molecule has 1 N–H and O–H groups in total. The summed E-state index contributed by atoms with van der Waals surface area (Å²) >= 11 is 0. The number of anilines is 1. The largest absolute Gasteiger partial charge is 0.295 e. The number of rotatable bonds is 4. The summed E-state index contributed by atoms with van der Waals surface area (Å²) in [5.74, 6) is -0.128. The second kappa shape index (κ2) is 6.96. The molecule has 6 heteroatoms. The lowest BCUT2D eigenvalue weighted by atomic mass is 9.97. The predicted octanol–water partition coefficient (Wildman–Crippen LogP) is 4.95. The van der Waals surface area contributed by atoms with E-state index in [1.807, 2.05) is 20.8 Å². The molecule has 1 aromatic heterocycles. The van der Waals surface area contributed by atoms with Gasteiger partial charge in [0, 0.05) is 11.6 Å². The van der Waals surface area contributed by atoms with Crippen molar-refractivity contribution >= 4 is 28.6 Å². The smallest absolute Gasteiger partial charge is 0.229 e. The van der Waals surface area contributed by atoms with Gasteiger partial charge in [0.25, 0.3) is 0 Å². The zero-order valence-corrected chi connectivity index (χ0v) is 14.8. The van der Waals surface area contributed by atoms with Crippen LogP contribution >= 0.6 is 0 Å². The van der Waals surface area contributed by atoms with Crippen molar-refractivity contribution in [3.63, 3.8) is 0 Å². The normalized spacial score (nSPS) is 12.2. The van der Waals surface area contributed by atoms with Crippen LogP contribution in [0.2, 0.25) is 0 Å². The zero-order valence-electron chi connectivity index (χ0n) is 14.8. The van der Waals surface area contributed by atoms with Gasteiger partial charge in [0.05, 0.1) is 17.6 Å². The summed E-state index contributed by atoms with van der Waals surface area (Å²) < 4.78 is 15.1. The summed E-state index contributed by atoms with van der Waals surface area (Å²) in [5, 5.41) is 2.87. The number of benzene rings is 2. The van der Waals surface area contributed by atoms with Crippen molar-refractivity contribution in [1.82, 2.24) is 9.55 Å². The third-order valence-corrected chi connectivity index (χ3v) is 4.50. The van der Waals surface area contributed by atoms with Crippen molar-refractivity contribution in [2.24, 2.45) is 11.8 Å². The van der Waals surface area contributed by atoms with Gasteiger partial charge in [-0.1, -0.05) is 26.8 Å². The Kier molecular flexibility index (Phi) is 4.72. The highest BCUT2D eigenvalue weighted by Gasteiger charge is 2.21. The lowest BCUT2D eigenvalue weighted by molar-refractivity contribution is -0.120. The highest BCUT2D eigenvalue weighted by Crippen LogP contribution is 2.29. The van der Waals surface area contributed by atoms with Crippen LogP contribution in [0, 0.1) is 24.2 Å². The monoisotopic (exact) mass is 350 g/mol. The van der Waals surface area contributed by atoms with Gasteiger partial charge in [0.2, 0.25) is 11.9 Å². The summed E-state index contributed by atoms with van der Waals surface area (Å²) in [6.07, 6.45) is 0.